The molecule has 0 spiro atoms. The van der Waals surface area contributed by atoms with E-state index in [1.807, 2.05) is 0 Å². The van der Waals surface area contributed by atoms with Gasteiger partial charge in [0.05, 0.1) is 23.6 Å². The summed E-state index contributed by atoms with van der Waals surface area (Å²) in [7, 11) is 2.92. The first-order valence-electron chi connectivity index (χ1n) is 10.0. The largest absolute Gasteiger partial charge is 0.508 e. The molecule has 0 heterocycles. The Bertz CT molecular complexity index is 1140. The fourth-order valence-corrected chi connectivity index (χ4v) is 5.58. The second kappa shape index (κ2) is 7.84. The molecule has 1 saturated carbocycles. The van der Waals surface area contributed by atoms with Gasteiger partial charge >= 0.3 is 0 Å². The van der Waals surface area contributed by atoms with Crippen molar-refractivity contribution in [2.45, 2.75) is 30.6 Å². The molecule has 0 aromatic heterocycles. The van der Waals surface area contributed by atoms with Gasteiger partial charge in [-0.3, -0.25) is 19.3 Å². The number of hydrogen-bond donors (Lipinski definition) is 6. The molecule has 0 aliphatic heterocycles. The molecule has 1 aromatic rings. The maximum atomic E-state index is 13.7. The molecule has 3 aliphatic carbocycles. The molecule has 0 bridgehead atoms. The Hall–Kier alpha value is -2.92. The molecule has 178 valence electrons. The van der Waals surface area contributed by atoms with Gasteiger partial charge in [0, 0.05) is 11.5 Å². The summed E-state index contributed by atoms with van der Waals surface area (Å²) in [6.45, 7) is 1.68. The number of nitrogens with zero attached hydrogens (tertiary/aromatic N) is 1. The number of aromatic hydroxyl groups is 1. The molecule has 0 unspecified atom stereocenters. The van der Waals surface area contributed by atoms with Gasteiger partial charge in [0.1, 0.15) is 22.8 Å². The first-order chi connectivity index (χ1) is 14.9. The summed E-state index contributed by atoms with van der Waals surface area (Å²) in [5, 5.41) is 54.9. The zero-order valence-corrected chi connectivity index (χ0v) is 18.8. The fourth-order valence-electron chi connectivity index (χ4n) is 5.58. The summed E-state index contributed by atoms with van der Waals surface area (Å²) in [6, 6.07) is 3.13. The Balaban J connectivity index is 0.00000306. The number of hydrogen-bond acceptors (Lipinski definition) is 9. The third kappa shape index (κ3) is 2.95. The topological polar surface area (TPSA) is 182 Å². The number of Topliss-reactive ketones (excluding diaryl/α,β-unsaturated/α-hetero) is 2. The predicted molar refractivity (Wildman–Crippen MR) is 118 cm³/mol. The Morgan fingerprint density at radius 1 is 1.15 bits per heavy atom. The van der Waals surface area contributed by atoms with E-state index < -0.39 is 75.6 Å². The molecule has 0 radical (unpaired) electrons. The molecule has 4 rings (SSSR count). The van der Waals surface area contributed by atoms with Gasteiger partial charge < -0.3 is 31.3 Å². The monoisotopic (exact) mass is 480 g/mol. The number of likely N-dealkylation sites (N-methyl/N-ethyl adjacent to an activating group) is 1. The molecular formula is C22H25ClN2O8. The van der Waals surface area contributed by atoms with Crippen molar-refractivity contribution >= 4 is 35.6 Å². The van der Waals surface area contributed by atoms with Gasteiger partial charge in [-0.2, -0.15) is 0 Å². The van der Waals surface area contributed by atoms with E-state index in [0.29, 0.717) is 5.56 Å². The number of rotatable bonds is 2. The molecule has 11 heteroatoms. The second-order valence-corrected chi connectivity index (χ2v) is 8.79. The highest BCUT2D eigenvalue weighted by Crippen LogP contribution is 2.55. The van der Waals surface area contributed by atoms with Crippen LogP contribution in [0, 0.1) is 11.8 Å². The van der Waals surface area contributed by atoms with E-state index in [-0.39, 0.29) is 23.7 Å². The van der Waals surface area contributed by atoms with Gasteiger partial charge in [-0.1, -0.05) is 19.1 Å². The van der Waals surface area contributed by atoms with Crippen LogP contribution in [0.2, 0.25) is 0 Å². The van der Waals surface area contributed by atoms with E-state index in [9.17, 15) is 39.9 Å². The van der Waals surface area contributed by atoms with Crippen LogP contribution < -0.4 is 5.73 Å². The van der Waals surface area contributed by atoms with E-state index in [4.69, 9.17) is 5.73 Å². The maximum absolute atomic E-state index is 13.7. The molecule has 3 aliphatic rings. The maximum Gasteiger partial charge on any atom is 0.255 e. The lowest BCUT2D eigenvalue weighted by atomic mass is 9.54. The van der Waals surface area contributed by atoms with Crippen LogP contribution in [0.15, 0.2) is 35.1 Å². The molecule has 0 saturated heterocycles. The van der Waals surface area contributed by atoms with Crippen LogP contribution in [0.5, 0.6) is 5.75 Å². The number of carbonyl (C=O) groups is 3. The molecule has 1 fully saturated rings. The van der Waals surface area contributed by atoms with E-state index >= 15 is 0 Å². The molecule has 10 nitrogen and oxygen atoms in total. The highest BCUT2D eigenvalue weighted by atomic mass is 35.5. The number of primary amides is 1. The van der Waals surface area contributed by atoms with E-state index in [2.05, 4.69) is 0 Å². The Morgan fingerprint density at radius 2 is 1.76 bits per heavy atom. The zero-order valence-electron chi connectivity index (χ0n) is 18.0. The SMILES string of the molecule is C[C@H]1c2cccc(O)c2C(O)=C2C(=O)[C@@]3(O)C(O)=C(C(N)=O)C(=O)[C@H](N(C)C)[C@H]3[C@@H](O)[C@@H]21.Cl. The predicted octanol–water partition coefficient (Wildman–Crippen LogP) is -0.0824. The van der Waals surface area contributed by atoms with Gasteiger partial charge in [0.15, 0.2) is 11.4 Å². The quantitative estimate of drug-likeness (QED) is 0.315. The van der Waals surface area contributed by atoms with Crippen molar-refractivity contribution in [3.63, 3.8) is 0 Å². The minimum atomic E-state index is -2.89. The summed E-state index contributed by atoms with van der Waals surface area (Å²) >= 11 is 0. The van der Waals surface area contributed by atoms with Gasteiger partial charge in [-0.15, -0.1) is 12.4 Å². The number of benzene rings is 1. The number of nitrogens with two attached hydrogens (primary N) is 1. The molecule has 7 N–H and O–H groups in total. The number of amides is 1. The lowest BCUT2D eigenvalue weighted by molar-refractivity contribution is -0.169. The standard InChI is InChI=1S/C22H24N2O8.ClH/c1-7-8-5-4-6-9(25)11(8)16(26)12-10(7)17(27)14-15(24(2)3)18(28)13(21(23)31)20(30)22(14,32)19(12)29;/h4-7,10,14-15,17,25-27,30,32H,1-3H3,(H2,23,31);1H/t7-,10+,14-,15+,17-,22+;/m0./s1. The number of phenols is 1. The lowest BCUT2D eigenvalue weighted by Crippen LogP contribution is -2.70. The van der Waals surface area contributed by atoms with Crippen molar-refractivity contribution in [1.82, 2.24) is 4.90 Å². The fraction of sp³-hybridized carbons (Fsp3) is 0.409. The van der Waals surface area contributed by atoms with E-state index in [0.717, 1.165) is 0 Å². The van der Waals surface area contributed by atoms with Crippen molar-refractivity contribution in [2.75, 3.05) is 14.1 Å². The average Bonchev–Trinajstić information content (AvgIpc) is 2.70. The average molecular weight is 481 g/mol. The van der Waals surface area contributed by atoms with Crippen LogP contribution in [0.3, 0.4) is 0 Å². The number of halogens is 1. The van der Waals surface area contributed by atoms with Gasteiger partial charge in [0.25, 0.3) is 5.91 Å². The van der Waals surface area contributed by atoms with Crippen LogP contribution in [0.25, 0.3) is 5.76 Å². The minimum Gasteiger partial charge on any atom is -0.508 e. The number of ketones is 2. The number of phenolic OH excluding ortho intramolecular Hbond substituents is 1. The molecule has 6 atom stereocenters. The minimum absolute atomic E-state index is 0. The number of fused-ring (bicyclic) bond motifs is 3. The molecule has 1 aromatic carbocycles. The van der Waals surface area contributed by atoms with E-state index in [1.165, 1.54) is 25.1 Å². The second-order valence-electron chi connectivity index (χ2n) is 8.79. The van der Waals surface area contributed by atoms with Crippen LogP contribution in [-0.2, 0) is 14.4 Å². The first-order valence-corrected chi connectivity index (χ1v) is 10.0. The normalized spacial score (nSPS) is 33.3. The number of aliphatic hydroxyl groups excluding tert-OH is 3. The smallest absolute Gasteiger partial charge is 0.255 e. The van der Waals surface area contributed by atoms with Gasteiger partial charge in [0.2, 0.25) is 5.78 Å². The van der Waals surface area contributed by atoms with Crippen LogP contribution >= 0.6 is 12.4 Å². The third-order valence-corrected chi connectivity index (χ3v) is 6.99. The van der Waals surface area contributed by atoms with Crippen LogP contribution in [0.1, 0.15) is 24.0 Å². The van der Waals surface area contributed by atoms with E-state index in [1.54, 1.807) is 19.1 Å². The van der Waals surface area contributed by atoms with Crippen molar-refractivity contribution in [1.29, 1.82) is 0 Å². The van der Waals surface area contributed by atoms with Gasteiger partial charge in [-0.25, -0.2) is 0 Å². The number of carbonyl (C=O) groups excluding carboxylic acids is 3. The first kappa shape index (κ1) is 24.7. The molecule has 33 heavy (non-hydrogen) atoms. The van der Waals surface area contributed by atoms with Crippen molar-refractivity contribution < 1.29 is 39.9 Å². The molecule has 1 amide bonds. The van der Waals surface area contributed by atoms with Crippen LogP contribution in [0.4, 0.5) is 0 Å². The third-order valence-electron chi connectivity index (χ3n) is 6.99. The van der Waals surface area contributed by atoms with Crippen molar-refractivity contribution in [3.8, 4) is 5.75 Å². The highest BCUT2D eigenvalue weighted by Gasteiger charge is 2.68. The Morgan fingerprint density at radius 3 is 2.30 bits per heavy atom. The molecular weight excluding hydrogens is 456 g/mol. The van der Waals surface area contributed by atoms with Crippen molar-refractivity contribution in [2.24, 2.45) is 17.6 Å². The summed E-state index contributed by atoms with van der Waals surface area (Å²) in [4.78, 5) is 40.0. The number of aliphatic hydroxyl groups is 4. The summed E-state index contributed by atoms with van der Waals surface area (Å²) in [5.74, 6) is -8.87. The van der Waals surface area contributed by atoms with Crippen LogP contribution in [-0.4, -0.2) is 79.7 Å². The van der Waals surface area contributed by atoms with Crippen molar-refractivity contribution in [3.05, 3.63) is 46.2 Å². The summed E-state index contributed by atoms with van der Waals surface area (Å²) in [5.41, 5.74) is 1.47. The zero-order chi connectivity index (χ0) is 23.9. The Kier molecular flexibility index (Phi) is 5.87. The Labute approximate surface area is 195 Å². The van der Waals surface area contributed by atoms with Gasteiger partial charge in [-0.05, 0) is 31.6 Å². The lowest BCUT2D eigenvalue weighted by Gasteiger charge is -2.53. The summed E-state index contributed by atoms with van der Waals surface area (Å²) in [6.07, 6.45) is -1.59. The highest BCUT2D eigenvalue weighted by molar-refractivity contribution is 6.24. The summed E-state index contributed by atoms with van der Waals surface area (Å²) < 4.78 is 0.